The second-order valence-electron chi connectivity index (χ2n) is 7.90. The molecule has 0 saturated carbocycles. The van der Waals surface area contributed by atoms with Crippen LogP contribution in [0, 0.1) is 0 Å². The summed E-state index contributed by atoms with van der Waals surface area (Å²) in [5.41, 5.74) is 4.08. The predicted octanol–water partition coefficient (Wildman–Crippen LogP) is 3.29. The standard InChI is InChI=1S/C23H31N3O2/c1-17-14-26(15-18(2)28-17)16-20-10-8-19(9-11-20)13-24-23(27)21-6-5-7-22(12-21)25(3)4/h5-12,17-18H,13-16H2,1-4H3,(H,24,27). The first-order valence-electron chi connectivity index (χ1n) is 9.92. The molecule has 150 valence electrons. The molecule has 0 aliphatic carbocycles. The Morgan fingerprint density at radius 3 is 2.36 bits per heavy atom. The smallest absolute Gasteiger partial charge is 0.251 e. The van der Waals surface area contributed by atoms with Gasteiger partial charge in [0.25, 0.3) is 5.91 Å². The van der Waals surface area contributed by atoms with Crippen molar-refractivity contribution in [3.8, 4) is 0 Å². The van der Waals surface area contributed by atoms with Crippen LogP contribution in [0.2, 0.25) is 0 Å². The van der Waals surface area contributed by atoms with Gasteiger partial charge in [0.05, 0.1) is 12.2 Å². The van der Waals surface area contributed by atoms with Crippen LogP contribution in [0.15, 0.2) is 48.5 Å². The summed E-state index contributed by atoms with van der Waals surface area (Å²) in [6, 6.07) is 16.1. The minimum Gasteiger partial charge on any atom is -0.378 e. The van der Waals surface area contributed by atoms with E-state index in [0.717, 1.165) is 30.9 Å². The average molecular weight is 382 g/mol. The van der Waals surface area contributed by atoms with Crippen LogP contribution in [0.5, 0.6) is 0 Å². The lowest BCUT2D eigenvalue weighted by Gasteiger charge is -2.35. The molecule has 1 aliphatic heterocycles. The zero-order valence-corrected chi connectivity index (χ0v) is 17.3. The zero-order chi connectivity index (χ0) is 20.1. The molecular weight excluding hydrogens is 350 g/mol. The molecule has 1 N–H and O–H groups in total. The number of amides is 1. The van der Waals surface area contributed by atoms with Crippen molar-refractivity contribution in [2.45, 2.75) is 39.1 Å². The molecule has 1 fully saturated rings. The van der Waals surface area contributed by atoms with E-state index in [1.807, 2.05) is 43.3 Å². The van der Waals surface area contributed by atoms with Crippen LogP contribution >= 0.6 is 0 Å². The summed E-state index contributed by atoms with van der Waals surface area (Å²) in [6.07, 6.45) is 0.563. The molecule has 2 aromatic carbocycles. The van der Waals surface area contributed by atoms with Gasteiger partial charge in [-0.25, -0.2) is 0 Å². The zero-order valence-electron chi connectivity index (χ0n) is 17.3. The molecule has 1 heterocycles. The van der Waals surface area contributed by atoms with E-state index >= 15 is 0 Å². The summed E-state index contributed by atoms with van der Waals surface area (Å²) in [5.74, 6) is -0.0518. The second-order valence-corrected chi connectivity index (χ2v) is 7.90. The highest BCUT2D eigenvalue weighted by atomic mass is 16.5. The molecule has 1 aliphatic rings. The van der Waals surface area contributed by atoms with Gasteiger partial charge in [0.2, 0.25) is 0 Å². The Morgan fingerprint density at radius 2 is 1.71 bits per heavy atom. The van der Waals surface area contributed by atoms with Crippen LogP contribution in [0.4, 0.5) is 5.69 Å². The molecular formula is C23H31N3O2. The van der Waals surface area contributed by atoms with Gasteiger partial charge >= 0.3 is 0 Å². The number of hydrogen-bond donors (Lipinski definition) is 1. The SMILES string of the molecule is CC1CN(Cc2ccc(CNC(=O)c3cccc(N(C)C)c3)cc2)CC(C)O1. The Hall–Kier alpha value is -2.37. The topological polar surface area (TPSA) is 44.8 Å². The van der Waals surface area contributed by atoms with E-state index in [2.05, 4.69) is 48.3 Å². The van der Waals surface area contributed by atoms with Gasteiger partial charge < -0.3 is 15.0 Å². The molecule has 5 heteroatoms. The maximum absolute atomic E-state index is 12.4. The molecule has 1 saturated heterocycles. The number of anilines is 1. The van der Waals surface area contributed by atoms with E-state index in [0.29, 0.717) is 12.1 Å². The van der Waals surface area contributed by atoms with Crippen LogP contribution in [0.1, 0.15) is 35.3 Å². The normalized spacial score (nSPS) is 20.0. The Morgan fingerprint density at radius 1 is 1.07 bits per heavy atom. The quantitative estimate of drug-likeness (QED) is 0.834. The van der Waals surface area contributed by atoms with Crippen LogP contribution in [0.25, 0.3) is 0 Å². The van der Waals surface area contributed by atoms with Crippen molar-refractivity contribution in [3.05, 3.63) is 65.2 Å². The van der Waals surface area contributed by atoms with Crippen LogP contribution in [-0.2, 0) is 17.8 Å². The summed E-state index contributed by atoms with van der Waals surface area (Å²) >= 11 is 0. The van der Waals surface area contributed by atoms with E-state index in [4.69, 9.17) is 4.74 Å². The van der Waals surface area contributed by atoms with Crippen molar-refractivity contribution < 1.29 is 9.53 Å². The maximum atomic E-state index is 12.4. The fourth-order valence-electron chi connectivity index (χ4n) is 3.64. The molecule has 5 nitrogen and oxygen atoms in total. The van der Waals surface area contributed by atoms with Crippen LogP contribution in [0.3, 0.4) is 0 Å². The van der Waals surface area contributed by atoms with E-state index in [9.17, 15) is 4.79 Å². The van der Waals surface area contributed by atoms with Gasteiger partial charge in [0, 0.05) is 51.5 Å². The Balaban J connectivity index is 1.53. The molecule has 2 aromatic rings. The minimum atomic E-state index is -0.0518. The number of morpholine rings is 1. The van der Waals surface area contributed by atoms with Crippen LogP contribution < -0.4 is 10.2 Å². The summed E-state index contributed by atoms with van der Waals surface area (Å²) in [5, 5.41) is 3.01. The molecule has 0 spiro atoms. The minimum absolute atomic E-state index is 0.0518. The first-order chi connectivity index (χ1) is 13.4. The van der Waals surface area contributed by atoms with Crippen molar-refractivity contribution in [3.63, 3.8) is 0 Å². The number of ether oxygens (including phenoxy) is 1. The van der Waals surface area contributed by atoms with Crippen molar-refractivity contribution >= 4 is 11.6 Å². The monoisotopic (exact) mass is 381 g/mol. The Labute approximate surface area is 168 Å². The first kappa shape index (κ1) is 20.4. The van der Waals surface area contributed by atoms with Crippen molar-refractivity contribution in [1.29, 1.82) is 0 Å². The summed E-state index contributed by atoms with van der Waals surface area (Å²) in [4.78, 5) is 16.9. The van der Waals surface area contributed by atoms with Crippen molar-refractivity contribution in [2.75, 3.05) is 32.1 Å². The number of nitrogens with zero attached hydrogens (tertiary/aromatic N) is 2. The van der Waals surface area contributed by atoms with Crippen molar-refractivity contribution in [2.24, 2.45) is 0 Å². The van der Waals surface area contributed by atoms with Gasteiger partial charge in [0.15, 0.2) is 0 Å². The molecule has 0 radical (unpaired) electrons. The average Bonchev–Trinajstić information content (AvgIpc) is 2.66. The number of benzene rings is 2. The molecule has 0 bridgehead atoms. The summed E-state index contributed by atoms with van der Waals surface area (Å²) in [7, 11) is 3.94. The third kappa shape index (κ3) is 5.57. The van der Waals surface area contributed by atoms with Gasteiger partial charge in [0.1, 0.15) is 0 Å². The number of nitrogens with one attached hydrogen (secondary N) is 1. The molecule has 2 atom stereocenters. The second kappa shape index (κ2) is 9.22. The van der Waals surface area contributed by atoms with Gasteiger partial charge in [-0.2, -0.15) is 0 Å². The Kier molecular flexibility index (Phi) is 6.70. The Bertz CT molecular complexity index is 779. The van der Waals surface area contributed by atoms with Crippen LogP contribution in [-0.4, -0.2) is 50.2 Å². The lowest BCUT2D eigenvalue weighted by molar-refractivity contribution is -0.0704. The van der Waals surface area contributed by atoms with Gasteiger partial charge in [-0.1, -0.05) is 30.3 Å². The predicted molar refractivity (Wildman–Crippen MR) is 114 cm³/mol. The third-order valence-corrected chi connectivity index (χ3v) is 5.00. The van der Waals surface area contributed by atoms with E-state index < -0.39 is 0 Å². The van der Waals surface area contributed by atoms with E-state index in [1.165, 1.54) is 5.56 Å². The fourth-order valence-corrected chi connectivity index (χ4v) is 3.64. The van der Waals surface area contributed by atoms with Gasteiger partial charge in [-0.15, -0.1) is 0 Å². The number of rotatable bonds is 6. The fraction of sp³-hybridized carbons (Fsp3) is 0.435. The maximum Gasteiger partial charge on any atom is 0.251 e. The lowest BCUT2D eigenvalue weighted by atomic mass is 10.1. The van der Waals surface area contributed by atoms with Gasteiger partial charge in [-0.3, -0.25) is 9.69 Å². The number of hydrogen-bond acceptors (Lipinski definition) is 4. The summed E-state index contributed by atoms with van der Waals surface area (Å²) < 4.78 is 5.80. The first-order valence-corrected chi connectivity index (χ1v) is 9.92. The lowest BCUT2D eigenvalue weighted by Crippen LogP contribution is -2.44. The molecule has 1 amide bonds. The van der Waals surface area contributed by atoms with E-state index in [1.54, 1.807) is 0 Å². The highest BCUT2D eigenvalue weighted by Gasteiger charge is 2.21. The molecule has 2 unspecified atom stereocenters. The molecule has 28 heavy (non-hydrogen) atoms. The molecule has 3 rings (SSSR count). The van der Waals surface area contributed by atoms with E-state index in [-0.39, 0.29) is 18.1 Å². The summed E-state index contributed by atoms with van der Waals surface area (Å²) in [6.45, 7) is 7.65. The largest absolute Gasteiger partial charge is 0.378 e. The van der Waals surface area contributed by atoms with Gasteiger partial charge in [-0.05, 0) is 43.2 Å². The highest BCUT2D eigenvalue weighted by Crippen LogP contribution is 2.16. The molecule has 0 aromatic heterocycles. The highest BCUT2D eigenvalue weighted by molar-refractivity contribution is 5.95. The number of carbonyl (C=O) groups is 1. The number of carbonyl (C=O) groups excluding carboxylic acids is 1. The van der Waals surface area contributed by atoms with Crippen molar-refractivity contribution in [1.82, 2.24) is 10.2 Å². The third-order valence-electron chi connectivity index (χ3n) is 5.00.